The van der Waals surface area contributed by atoms with Gasteiger partial charge in [-0.05, 0) is 18.1 Å². The van der Waals surface area contributed by atoms with Gasteiger partial charge in [0.25, 0.3) is 0 Å². The van der Waals surface area contributed by atoms with E-state index in [4.69, 9.17) is 9.47 Å². The van der Waals surface area contributed by atoms with Crippen molar-refractivity contribution in [2.24, 2.45) is 5.92 Å². The molecule has 2 rings (SSSR count). The molecule has 1 aromatic rings. The number of urea groups is 1. The summed E-state index contributed by atoms with van der Waals surface area (Å²) in [7, 11) is 1.61. The highest BCUT2D eigenvalue weighted by atomic mass is 16.5. The van der Waals surface area contributed by atoms with Crippen LogP contribution in [0.5, 0.6) is 5.75 Å². The fourth-order valence-corrected chi connectivity index (χ4v) is 2.09. The first-order valence-corrected chi connectivity index (χ1v) is 6.51. The molecular formula is C14H20N2O3. The Morgan fingerprint density at radius 2 is 2.26 bits per heavy atom. The molecule has 0 spiro atoms. The van der Waals surface area contributed by atoms with Crippen molar-refractivity contribution in [1.82, 2.24) is 10.6 Å². The number of hydrogen-bond acceptors (Lipinski definition) is 3. The zero-order valence-electron chi connectivity index (χ0n) is 11.1. The second-order valence-corrected chi connectivity index (χ2v) is 4.62. The zero-order chi connectivity index (χ0) is 13.5. The van der Waals surface area contributed by atoms with Gasteiger partial charge in [-0.15, -0.1) is 0 Å². The van der Waals surface area contributed by atoms with E-state index in [2.05, 4.69) is 16.7 Å². The number of carbonyl (C=O) groups is 1. The number of ether oxygens (including phenoxy) is 2. The van der Waals surface area contributed by atoms with Gasteiger partial charge in [-0.3, -0.25) is 0 Å². The number of para-hydroxylation sites is 1. The fraction of sp³-hybridized carbons (Fsp3) is 0.500. The Morgan fingerprint density at radius 1 is 1.42 bits per heavy atom. The van der Waals surface area contributed by atoms with E-state index < -0.39 is 0 Å². The van der Waals surface area contributed by atoms with E-state index in [1.807, 2.05) is 18.2 Å². The molecule has 1 aromatic carbocycles. The van der Waals surface area contributed by atoms with E-state index in [0.29, 0.717) is 32.2 Å². The van der Waals surface area contributed by atoms with Gasteiger partial charge >= 0.3 is 6.03 Å². The number of rotatable bonds is 5. The summed E-state index contributed by atoms with van der Waals surface area (Å²) in [6.07, 6.45) is 0.939. The van der Waals surface area contributed by atoms with E-state index in [-0.39, 0.29) is 6.03 Å². The Balaban J connectivity index is 1.72. The monoisotopic (exact) mass is 264 g/mol. The number of benzene rings is 1. The van der Waals surface area contributed by atoms with Crippen LogP contribution in [0.2, 0.25) is 0 Å². The van der Waals surface area contributed by atoms with Crippen molar-refractivity contribution in [2.45, 2.75) is 6.42 Å². The predicted octanol–water partition coefficient (Wildman–Crippen LogP) is 1.18. The maximum atomic E-state index is 11.5. The SMILES string of the molecule is COCCNC(=O)NCC1COc2ccccc2C1. The molecule has 2 N–H and O–H groups in total. The normalized spacial score (nSPS) is 17.2. The summed E-state index contributed by atoms with van der Waals surface area (Å²) >= 11 is 0. The van der Waals surface area contributed by atoms with E-state index in [0.717, 1.165) is 12.2 Å². The molecule has 0 radical (unpaired) electrons. The number of fused-ring (bicyclic) bond motifs is 1. The van der Waals surface area contributed by atoms with Crippen LogP contribution >= 0.6 is 0 Å². The van der Waals surface area contributed by atoms with Crippen molar-refractivity contribution in [3.63, 3.8) is 0 Å². The van der Waals surface area contributed by atoms with Crippen LogP contribution in [0.15, 0.2) is 24.3 Å². The number of carbonyl (C=O) groups excluding carboxylic acids is 1. The number of hydrogen-bond donors (Lipinski definition) is 2. The van der Waals surface area contributed by atoms with Crippen molar-refractivity contribution >= 4 is 6.03 Å². The first-order chi connectivity index (χ1) is 9.29. The molecule has 1 unspecified atom stereocenters. The minimum absolute atomic E-state index is 0.157. The second kappa shape index (κ2) is 6.99. The molecule has 104 valence electrons. The molecule has 1 aliphatic heterocycles. The van der Waals surface area contributed by atoms with Gasteiger partial charge in [0.05, 0.1) is 13.2 Å². The third-order valence-electron chi connectivity index (χ3n) is 3.10. The molecule has 19 heavy (non-hydrogen) atoms. The van der Waals surface area contributed by atoms with Crippen LogP contribution in [-0.4, -0.2) is 39.4 Å². The van der Waals surface area contributed by atoms with Crippen LogP contribution in [0.4, 0.5) is 4.79 Å². The number of amides is 2. The largest absolute Gasteiger partial charge is 0.493 e. The standard InChI is InChI=1S/C14H20N2O3/c1-18-7-6-15-14(17)16-9-11-8-12-4-2-3-5-13(12)19-10-11/h2-5,11H,6-10H2,1H3,(H2,15,16,17). The molecule has 0 aliphatic carbocycles. The molecule has 2 amide bonds. The molecule has 0 aromatic heterocycles. The van der Waals surface area contributed by atoms with Crippen LogP contribution in [0.1, 0.15) is 5.56 Å². The van der Waals surface area contributed by atoms with Crippen molar-refractivity contribution in [2.75, 3.05) is 33.4 Å². The highest BCUT2D eigenvalue weighted by Crippen LogP contribution is 2.26. The third-order valence-corrected chi connectivity index (χ3v) is 3.10. The van der Waals surface area contributed by atoms with Crippen LogP contribution in [0, 0.1) is 5.92 Å². The molecule has 5 nitrogen and oxygen atoms in total. The van der Waals surface area contributed by atoms with Gasteiger partial charge in [-0.1, -0.05) is 18.2 Å². The van der Waals surface area contributed by atoms with E-state index >= 15 is 0 Å². The number of nitrogens with one attached hydrogen (secondary N) is 2. The smallest absolute Gasteiger partial charge is 0.314 e. The average molecular weight is 264 g/mol. The fourth-order valence-electron chi connectivity index (χ4n) is 2.09. The average Bonchev–Trinajstić information content (AvgIpc) is 2.45. The van der Waals surface area contributed by atoms with Gasteiger partial charge in [-0.2, -0.15) is 0 Å². The van der Waals surface area contributed by atoms with Gasteiger partial charge in [0.15, 0.2) is 0 Å². The third kappa shape index (κ3) is 4.13. The number of methoxy groups -OCH3 is 1. The van der Waals surface area contributed by atoms with Crippen molar-refractivity contribution in [3.8, 4) is 5.75 Å². The summed E-state index contributed by atoms with van der Waals surface area (Å²) in [5.41, 5.74) is 1.21. The Morgan fingerprint density at radius 3 is 3.11 bits per heavy atom. The van der Waals surface area contributed by atoms with Gasteiger partial charge in [0.2, 0.25) is 0 Å². The summed E-state index contributed by atoms with van der Waals surface area (Å²) in [5.74, 6) is 1.28. The van der Waals surface area contributed by atoms with Crippen molar-refractivity contribution in [3.05, 3.63) is 29.8 Å². The maximum Gasteiger partial charge on any atom is 0.314 e. The summed E-state index contributed by atoms with van der Waals surface area (Å²) in [5, 5.41) is 5.58. The predicted molar refractivity (Wildman–Crippen MR) is 72.4 cm³/mol. The zero-order valence-corrected chi connectivity index (χ0v) is 11.1. The highest BCUT2D eigenvalue weighted by molar-refractivity contribution is 5.73. The molecule has 1 aliphatic rings. The lowest BCUT2D eigenvalue weighted by atomic mass is 9.97. The molecule has 0 bridgehead atoms. The Labute approximate surface area is 113 Å². The van der Waals surface area contributed by atoms with Gasteiger partial charge in [0.1, 0.15) is 5.75 Å². The van der Waals surface area contributed by atoms with Gasteiger partial charge in [0, 0.05) is 26.1 Å². The molecule has 1 atom stereocenters. The minimum atomic E-state index is -0.157. The van der Waals surface area contributed by atoms with Crippen LogP contribution in [0.3, 0.4) is 0 Å². The summed E-state index contributed by atoms with van der Waals surface area (Å²) in [6, 6.07) is 7.88. The van der Waals surface area contributed by atoms with Crippen LogP contribution in [0.25, 0.3) is 0 Å². The quantitative estimate of drug-likeness (QED) is 0.785. The lowest BCUT2D eigenvalue weighted by molar-refractivity contribution is 0.192. The van der Waals surface area contributed by atoms with Crippen LogP contribution in [-0.2, 0) is 11.2 Å². The topological polar surface area (TPSA) is 59.6 Å². The van der Waals surface area contributed by atoms with Gasteiger partial charge in [-0.25, -0.2) is 4.79 Å². The van der Waals surface area contributed by atoms with Crippen molar-refractivity contribution < 1.29 is 14.3 Å². The lowest BCUT2D eigenvalue weighted by Crippen LogP contribution is -2.41. The highest BCUT2D eigenvalue weighted by Gasteiger charge is 2.19. The van der Waals surface area contributed by atoms with E-state index in [1.54, 1.807) is 7.11 Å². The van der Waals surface area contributed by atoms with Crippen molar-refractivity contribution in [1.29, 1.82) is 0 Å². The summed E-state index contributed by atoms with van der Waals surface area (Å²) in [4.78, 5) is 11.5. The Kier molecular flexibility index (Phi) is 5.03. The van der Waals surface area contributed by atoms with E-state index in [9.17, 15) is 4.79 Å². The summed E-state index contributed by atoms with van der Waals surface area (Å²) in [6.45, 7) is 2.31. The molecule has 1 heterocycles. The summed E-state index contributed by atoms with van der Waals surface area (Å²) < 4.78 is 10.5. The van der Waals surface area contributed by atoms with E-state index in [1.165, 1.54) is 5.56 Å². The Hall–Kier alpha value is -1.75. The Bertz CT molecular complexity index is 423. The molecular weight excluding hydrogens is 244 g/mol. The maximum absolute atomic E-state index is 11.5. The van der Waals surface area contributed by atoms with Crippen LogP contribution < -0.4 is 15.4 Å². The lowest BCUT2D eigenvalue weighted by Gasteiger charge is -2.25. The minimum Gasteiger partial charge on any atom is -0.493 e. The molecule has 5 heteroatoms. The molecule has 0 saturated heterocycles. The molecule has 0 fully saturated rings. The first-order valence-electron chi connectivity index (χ1n) is 6.51. The second-order valence-electron chi connectivity index (χ2n) is 4.62. The first kappa shape index (κ1) is 13.7. The molecule has 0 saturated carbocycles. The van der Waals surface area contributed by atoms with Gasteiger partial charge < -0.3 is 20.1 Å².